The van der Waals surface area contributed by atoms with Gasteiger partial charge in [-0.1, -0.05) is 41.4 Å². The van der Waals surface area contributed by atoms with Gasteiger partial charge in [0, 0.05) is 33.6 Å². The summed E-state index contributed by atoms with van der Waals surface area (Å²) in [5.74, 6) is -0.245. The number of fused-ring (bicyclic) bond motifs is 1. The summed E-state index contributed by atoms with van der Waals surface area (Å²) in [7, 11) is 0. The van der Waals surface area contributed by atoms with Crippen LogP contribution in [-0.4, -0.2) is 24.3 Å². The predicted octanol–water partition coefficient (Wildman–Crippen LogP) is 4.81. The molecular weight excluding hydrogens is 373 g/mol. The quantitative estimate of drug-likeness (QED) is 0.702. The van der Waals surface area contributed by atoms with E-state index in [1.165, 1.54) is 0 Å². The number of halogens is 2. The third kappa shape index (κ3) is 3.50. The lowest BCUT2D eigenvalue weighted by molar-refractivity contribution is -0.134. The molecule has 0 N–H and O–H groups in total. The number of nitrogens with zero attached hydrogens (tertiary/aromatic N) is 1. The lowest BCUT2D eigenvalue weighted by Crippen LogP contribution is -2.43. The molecule has 0 saturated carbocycles. The Morgan fingerprint density at radius 3 is 2.54 bits per heavy atom. The summed E-state index contributed by atoms with van der Waals surface area (Å²) < 4.78 is 6.13. The average molecular weight is 392 g/mol. The topological polar surface area (TPSA) is 46.6 Å². The number of anilines is 1. The highest BCUT2D eigenvalue weighted by molar-refractivity contribution is 6.31. The Kier molecular flexibility index (Phi) is 5.66. The molecule has 4 nitrogen and oxygen atoms in total. The third-order valence-electron chi connectivity index (χ3n) is 4.36. The highest BCUT2D eigenvalue weighted by atomic mass is 35.5. The lowest BCUT2D eigenvalue weighted by atomic mass is 9.99. The molecule has 0 fully saturated rings. The summed E-state index contributed by atoms with van der Waals surface area (Å²) in [5.41, 5.74) is 2.20. The minimum Gasteiger partial charge on any atom is -0.355 e. The largest absolute Gasteiger partial charge is 0.355 e. The van der Waals surface area contributed by atoms with Crippen LogP contribution in [0, 0.1) is 0 Å². The zero-order chi connectivity index (χ0) is 18.8. The number of hydrogen-bond acceptors (Lipinski definition) is 3. The fraction of sp³-hybridized carbons (Fsp3) is 0.300. The maximum absolute atomic E-state index is 13.1. The van der Waals surface area contributed by atoms with Crippen molar-refractivity contribution in [1.29, 1.82) is 0 Å². The molecule has 0 aliphatic carbocycles. The predicted molar refractivity (Wildman–Crippen MR) is 103 cm³/mol. The zero-order valence-electron chi connectivity index (χ0n) is 14.5. The Bertz CT molecular complexity index is 838. The van der Waals surface area contributed by atoms with E-state index >= 15 is 0 Å². The molecule has 2 atom stereocenters. The van der Waals surface area contributed by atoms with E-state index in [1.54, 1.807) is 23.1 Å². The van der Waals surface area contributed by atoms with Gasteiger partial charge in [0.05, 0.1) is 5.69 Å². The molecule has 2 unspecified atom stereocenters. The molecule has 1 aliphatic heterocycles. The van der Waals surface area contributed by atoms with E-state index in [4.69, 9.17) is 27.9 Å². The summed E-state index contributed by atoms with van der Waals surface area (Å²) in [6.45, 7) is 3.84. The van der Waals surface area contributed by atoms with Gasteiger partial charge in [-0.3, -0.25) is 4.79 Å². The summed E-state index contributed by atoms with van der Waals surface area (Å²) in [6, 6.07) is 12.5. The first kappa shape index (κ1) is 18.9. The van der Waals surface area contributed by atoms with Crippen LogP contribution < -0.4 is 4.90 Å². The SMILES string of the molecule is CC(C)N1C(=O)C(CC=O)OC(c2ccccc2Cl)c2cc(Cl)ccc21. The Morgan fingerprint density at radius 1 is 1.15 bits per heavy atom. The van der Waals surface area contributed by atoms with Crippen LogP contribution in [0.5, 0.6) is 0 Å². The first-order valence-electron chi connectivity index (χ1n) is 8.40. The molecule has 1 aliphatic rings. The second kappa shape index (κ2) is 7.78. The van der Waals surface area contributed by atoms with Gasteiger partial charge >= 0.3 is 0 Å². The summed E-state index contributed by atoms with van der Waals surface area (Å²) in [5, 5.41) is 1.06. The number of aldehydes is 1. The summed E-state index contributed by atoms with van der Waals surface area (Å²) in [4.78, 5) is 25.9. The summed E-state index contributed by atoms with van der Waals surface area (Å²) >= 11 is 12.6. The van der Waals surface area contributed by atoms with Crippen molar-refractivity contribution in [2.75, 3.05) is 4.90 Å². The molecule has 3 rings (SSSR count). The van der Waals surface area contributed by atoms with Crippen LogP contribution in [0.2, 0.25) is 10.0 Å². The lowest BCUT2D eigenvalue weighted by Gasteiger charge is -2.28. The normalized spacial score (nSPS) is 20.0. The van der Waals surface area contributed by atoms with Gasteiger partial charge in [0.2, 0.25) is 0 Å². The summed E-state index contributed by atoms with van der Waals surface area (Å²) in [6.07, 6.45) is -0.810. The monoisotopic (exact) mass is 391 g/mol. The minimum absolute atomic E-state index is 0.0231. The standard InChI is InChI=1S/C20H19Cl2NO3/c1-12(2)23-17-8-7-13(21)11-15(17)19(14-5-3-4-6-16(14)22)26-18(9-10-24)20(23)25/h3-8,10-12,18-19H,9H2,1-2H3. The average Bonchev–Trinajstić information content (AvgIpc) is 2.71. The van der Waals surface area contributed by atoms with Gasteiger partial charge in [0.1, 0.15) is 18.5 Å². The minimum atomic E-state index is -0.887. The van der Waals surface area contributed by atoms with Gasteiger partial charge in [-0.25, -0.2) is 0 Å². The van der Waals surface area contributed by atoms with Crippen molar-refractivity contribution in [3.63, 3.8) is 0 Å². The molecule has 0 spiro atoms. The number of hydrogen-bond donors (Lipinski definition) is 0. The van der Waals surface area contributed by atoms with E-state index in [9.17, 15) is 9.59 Å². The highest BCUT2D eigenvalue weighted by Crippen LogP contribution is 2.42. The highest BCUT2D eigenvalue weighted by Gasteiger charge is 2.38. The molecule has 1 amide bonds. The van der Waals surface area contributed by atoms with Crippen molar-refractivity contribution in [3.05, 3.63) is 63.6 Å². The maximum Gasteiger partial charge on any atom is 0.256 e. The molecule has 136 valence electrons. The van der Waals surface area contributed by atoms with Crippen molar-refractivity contribution in [2.45, 2.75) is 38.5 Å². The second-order valence-electron chi connectivity index (χ2n) is 6.43. The first-order chi connectivity index (χ1) is 12.4. The van der Waals surface area contributed by atoms with E-state index in [1.807, 2.05) is 38.1 Å². The Morgan fingerprint density at radius 2 is 1.88 bits per heavy atom. The fourth-order valence-corrected chi connectivity index (χ4v) is 3.64. The Hall–Kier alpha value is -1.88. The van der Waals surface area contributed by atoms with Crippen LogP contribution in [0.4, 0.5) is 5.69 Å². The molecule has 0 saturated heterocycles. The molecule has 0 radical (unpaired) electrons. The smallest absolute Gasteiger partial charge is 0.256 e. The molecule has 1 heterocycles. The van der Waals surface area contributed by atoms with Crippen molar-refractivity contribution in [3.8, 4) is 0 Å². The van der Waals surface area contributed by atoms with Crippen LogP contribution in [-0.2, 0) is 14.3 Å². The Labute approximate surface area is 162 Å². The van der Waals surface area contributed by atoms with Crippen LogP contribution in [0.25, 0.3) is 0 Å². The van der Waals surface area contributed by atoms with E-state index in [0.29, 0.717) is 22.0 Å². The van der Waals surface area contributed by atoms with Gasteiger partial charge in [0.15, 0.2) is 0 Å². The van der Waals surface area contributed by atoms with Crippen molar-refractivity contribution in [1.82, 2.24) is 0 Å². The second-order valence-corrected chi connectivity index (χ2v) is 7.28. The van der Waals surface area contributed by atoms with Crippen molar-refractivity contribution >= 4 is 41.1 Å². The van der Waals surface area contributed by atoms with Crippen molar-refractivity contribution in [2.24, 2.45) is 0 Å². The molecule has 2 aromatic rings. The molecular formula is C20H19Cl2NO3. The third-order valence-corrected chi connectivity index (χ3v) is 4.94. The first-order valence-corrected chi connectivity index (χ1v) is 9.15. The number of ether oxygens (including phenoxy) is 1. The number of rotatable bonds is 4. The van der Waals surface area contributed by atoms with Gasteiger partial charge in [-0.05, 0) is 38.1 Å². The fourth-order valence-electron chi connectivity index (χ4n) is 3.23. The number of amides is 1. The zero-order valence-corrected chi connectivity index (χ0v) is 16.0. The molecule has 6 heteroatoms. The molecule has 26 heavy (non-hydrogen) atoms. The molecule has 0 aromatic heterocycles. The molecule has 2 aromatic carbocycles. The van der Waals surface area contributed by atoms with E-state index in [-0.39, 0.29) is 18.4 Å². The van der Waals surface area contributed by atoms with E-state index in [2.05, 4.69) is 0 Å². The van der Waals surface area contributed by atoms with Gasteiger partial charge in [-0.15, -0.1) is 0 Å². The van der Waals surface area contributed by atoms with Gasteiger partial charge < -0.3 is 14.4 Å². The molecule has 0 bridgehead atoms. The number of carbonyl (C=O) groups excluding carboxylic acids is 2. The van der Waals surface area contributed by atoms with Crippen LogP contribution in [0.15, 0.2) is 42.5 Å². The Balaban J connectivity index is 2.24. The van der Waals surface area contributed by atoms with Crippen LogP contribution >= 0.6 is 23.2 Å². The van der Waals surface area contributed by atoms with Crippen molar-refractivity contribution < 1.29 is 14.3 Å². The van der Waals surface area contributed by atoms with Gasteiger partial charge in [-0.2, -0.15) is 0 Å². The van der Waals surface area contributed by atoms with Gasteiger partial charge in [0.25, 0.3) is 5.91 Å². The van der Waals surface area contributed by atoms with Crippen LogP contribution in [0.3, 0.4) is 0 Å². The number of carbonyl (C=O) groups is 2. The number of benzene rings is 2. The van der Waals surface area contributed by atoms with E-state index in [0.717, 1.165) is 11.1 Å². The maximum atomic E-state index is 13.1. The van der Waals surface area contributed by atoms with E-state index < -0.39 is 12.2 Å². The van der Waals surface area contributed by atoms with Crippen LogP contribution in [0.1, 0.15) is 37.5 Å².